The molecule has 0 aliphatic rings. The molecule has 2 aromatic rings. The number of nitrogens with zero attached hydrogens (tertiary/aromatic N) is 1. The summed E-state index contributed by atoms with van der Waals surface area (Å²) in [6.45, 7) is 0.0584. The molecule has 1 amide bonds. The number of rotatable bonds is 3. The number of amides is 1. The summed E-state index contributed by atoms with van der Waals surface area (Å²) >= 11 is 0. The molecule has 0 unspecified atom stereocenters. The topological polar surface area (TPSA) is 68.0 Å². The number of carbonyl (C=O) groups excluding carboxylic acids is 1. The average Bonchev–Trinajstić information content (AvgIpc) is 2.41. The second kappa shape index (κ2) is 5.53. The Bertz CT molecular complexity index is 617. The molecule has 2 rings (SSSR count). The van der Waals surface area contributed by atoms with E-state index in [-0.39, 0.29) is 12.1 Å². The van der Waals surface area contributed by atoms with Crippen molar-refractivity contribution in [2.24, 2.45) is 5.73 Å². The van der Waals surface area contributed by atoms with E-state index in [1.807, 2.05) is 0 Å². The largest absolute Gasteiger partial charge is 0.326 e. The number of nitrogens with two attached hydrogens (primary N) is 1. The summed E-state index contributed by atoms with van der Waals surface area (Å²) in [5.41, 5.74) is 6.05. The zero-order valence-corrected chi connectivity index (χ0v) is 9.86. The van der Waals surface area contributed by atoms with E-state index in [1.54, 1.807) is 0 Å². The Hall–Kier alpha value is -2.34. The predicted octanol–water partition coefficient (Wildman–Crippen LogP) is 2.07. The Morgan fingerprint density at radius 1 is 1.32 bits per heavy atom. The highest BCUT2D eigenvalue weighted by atomic mass is 19.1. The summed E-state index contributed by atoms with van der Waals surface area (Å²) in [7, 11) is 0. The van der Waals surface area contributed by atoms with Crippen LogP contribution in [0, 0.1) is 11.8 Å². The van der Waals surface area contributed by atoms with Gasteiger partial charge in [0.15, 0.2) is 0 Å². The second-order valence-corrected chi connectivity index (χ2v) is 3.80. The van der Waals surface area contributed by atoms with E-state index in [1.165, 1.54) is 36.5 Å². The van der Waals surface area contributed by atoms with Crippen molar-refractivity contribution in [3.8, 4) is 0 Å². The molecule has 0 atom stereocenters. The number of halogens is 2. The zero-order valence-electron chi connectivity index (χ0n) is 9.86. The molecule has 1 aromatic carbocycles. The van der Waals surface area contributed by atoms with Crippen molar-refractivity contribution < 1.29 is 13.6 Å². The monoisotopic (exact) mass is 263 g/mol. The first-order valence-corrected chi connectivity index (χ1v) is 5.52. The SMILES string of the molecule is NCc1cc(F)ccc1NC(=O)c1cccnc1F. The quantitative estimate of drug-likeness (QED) is 0.833. The Labute approximate surface area is 108 Å². The molecule has 4 nitrogen and oxygen atoms in total. The van der Waals surface area contributed by atoms with Crippen molar-refractivity contribution in [2.75, 3.05) is 5.32 Å². The van der Waals surface area contributed by atoms with Crippen molar-refractivity contribution >= 4 is 11.6 Å². The summed E-state index contributed by atoms with van der Waals surface area (Å²) in [6, 6.07) is 6.54. The number of benzene rings is 1. The molecule has 0 saturated heterocycles. The molecule has 0 radical (unpaired) electrons. The fourth-order valence-corrected chi connectivity index (χ4v) is 1.60. The summed E-state index contributed by atoms with van der Waals surface area (Å²) in [6.07, 6.45) is 1.25. The third kappa shape index (κ3) is 2.92. The number of carbonyl (C=O) groups is 1. The maximum atomic E-state index is 13.3. The highest BCUT2D eigenvalue weighted by Crippen LogP contribution is 2.18. The first kappa shape index (κ1) is 13.1. The van der Waals surface area contributed by atoms with E-state index < -0.39 is 17.7 Å². The van der Waals surface area contributed by atoms with Crippen LogP contribution in [0.3, 0.4) is 0 Å². The van der Waals surface area contributed by atoms with Crippen LogP contribution in [-0.2, 0) is 6.54 Å². The van der Waals surface area contributed by atoms with Crippen LogP contribution in [0.25, 0.3) is 0 Å². The van der Waals surface area contributed by atoms with Gasteiger partial charge in [-0.15, -0.1) is 0 Å². The molecule has 19 heavy (non-hydrogen) atoms. The fourth-order valence-electron chi connectivity index (χ4n) is 1.60. The van der Waals surface area contributed by atoms with E-state index in [0.29, 0.717) is 11.3 Å². The van der Waals surface area contributed by atoms with Gasteiger partial charge >= 0.3 is 0 Å². The number of hydrogen-bond donors (Lipinski definition) is 2. The molecule has 0 aliphatic carbocycles. The Kier molecular flexibility index (Phi) is 3.82. The summed E-state index contributed by atoms with van der Waals surface area (Å²) < 4.78 is 26.4. The van der Waals surface area contributed by atoms with Gasteiger partial charge in [0.2, 0.25) is 5.95 Å². The number of nitrogens with one attached hydrogen (secondary N) is 1. The minimum absolute atomic E-state index is 0.0584. The van der Waals surface area contributed by atoms with Gasteiger partial charge in [0, 0.05) is 18.4 Å². The van der Waals surface area contributed by atoms with Gasteiger partial charge in [-0.3, -0.25) is 4.79 Å². The van der Waals surface area contributed by atoms with Gasteiger partial charge in [0.05, 0.1) is 5.56 Å². The maximum absolute atomic E-state index is 13.3. The standard InChI is InChI=1S/C13H11F2N3O/c14-9-3-4-11(8(6-9)7-16)18-13(19)10-2-1-5-17-12(10)15/h1-6H,7,16H2,(H,18,19). The van der Waals surface area contributed by atoms with Crippen LogP contribution >= 0.6 is 0 Å². The van der Waals surface area contributed by atoms with Crippen molar-refractivity contribution in [3.05, 3.63) is 59.4 Å². The molecular weight excluding hydrogens is 252 g/mol. The lowest BCUT2D eigenvalue weighted by atomic mass is 10.1. The van der Waals surface area contributed by atoms with Crippen LogP contribution in [0.2, 0.25) is 0 Å². The van der Waals surface area contributed by atoms with Gasteiger partial charge in [-0.1, -0.05) is 0 Å². The summed E-state index contributed by atoms with van der Waals surface area (Å²) in [5.74, 6) is -1.98. The normalized spacial score (nSPS) is 10.3. The van der Waals surface area contributed by atoms with E-state index in [9.17, 15) is 13.6 Å². The van der Waals surface area contributed by atoms with Gasteiger partial charge in [-0.05, 0) is 35.9 Å². The van der Waals surface area contributed by atoms with Gasteiger partial charge < -0.3 is 11.1 Å². The molecule has 0 spiro atoms. The minimum atomic E-state index is -0.864. The van der Waals surface area contributed by atoms with E-state index in [0.717, 1.165) is 0 Å². The molecule has 0 aliphatic heterocycles. The number of anilines is 1. The molecule has 0 fully saturated rings. The van der Waals surface area contributed by atoms with E-state index in [2.05, 4.69) is 10.3 Å². The van der Waals surface area contributed by atoms with E-state index >= 15 is 0 Å². The predicted molar refractivity (Wildman–Crippen MR) is 66.4 cm³/mol. The zero-order chi connectivity index (χ0) is 13.8. The number of aromatic nitrogens is 1. The smallest absolute Gasteiger partial charge is 0.260 e. The minimum Gasteiger partial charge on any atom is -0.326 e. The average molecular weight is 263 g/mol. The van der Waals surface area contributed by atoms with Gasteiger partial charge in [0.1, 0.15) is 5.82 Å². The highest BCUT2D eigenvalue weighted by molar-refractivity contribution is 6.04. The first-order valence-electron chi connectivity index (χ1n) is 5.52. The molecule has 98 valence electrons. The fraction of sp³-hybridized carbons (Fsp3) is 0.0769. The lowest BCUT2D eigenvalue weighted by molar-refractivity contribution is 0.102. The van der Waals surface area contributed by atoms with Crippen LogP contribution in [-0.4, -0.2) is 10.9 Å². The van der Waals surface area contributed by atoms with Crippen LogP contribution in [0.4, 0.5) is 14.5 Å². The molecule has 3 N–H and O–H groups in total. The summed E-state index contributed by atoms with van der Waals surface area (Å²) in [5, 5.41) is 2.48. The molecule has 1 aromatic heterocycles. The molecule has 1 heterocycles. The van der Waals surface area contributed by atoms with Gasteiger partial charge in [-0.25, -0.2) is 9.37 Å². The molecule has 6 heteroatoms. The van der Waals surface area contributed by atoms with Crippen molar-refractivity contribution in [1.29, 1.82) is 0 Å². The van der Waals surface area contributed by atoms with Crippen LogP contribution in [0.5, 0.6) is 0 Å². The van der Waals surface area contributed by atoms with Crippen molar-refractivity contribution in [1.82, 2.24) is 4.98 Å². The highest BCUT2D eigenvalue weighted by Gasteiger charge is 2.13. The Morgan fingerprint density at radius 3 is 2.79 bits per heavy atom. The van der Waals surface area contributed by atoms with Crippen molar-refractivity contribution in [2.45, 2.75) is 6.54 Å². The van der Waals surface area contributed by atoms with Crippen LogP contribution < -0.4 is 11.1 Å². The van der Waals surface area contributed by atoms with E-state index in [4.69, 9.17) is 5.73 Å². The number of hydrogen-bond acceptors (Lipinski definition) is 3. The second-order valence-electron chi connectivity index (χ2n) is 3.80. The molecule has 0 bridgehead atoms. The number of pyridine rings is 1. The maximum Gasteiger partial charge on any atom is 0.260 e. The third-order valence-corrected chi connectivity index (χ3v) is 2.54. The van der Waals surface area contributed by atoms with Gasteiger partial charge in [0.25, 0.3) is 5.91 Å². The van der Waals surface area contributed by atoms with Crippen LogP contribution in [0.15, 0.2) is 36.5 Å². The van der Waals surface area contributed by atoms with Gasteiger partial charge in [-0.2, -0.15) is 4.39 Å². The Morgan fingerprint density at radius 2 is 2.11 bits per heavy atom. The molecule has 0 saturated carbocycles. The van der Waals surface area contributed by atoms with Crippen molar-refractivity contribution in [3.63, 3.8) is 0 Å². The van der Waals surface area contributed by atoms with Crippen LogP contribution in [0.1, 0.15) is 15.9 Å². The molecular formula is C13H11F2N3O. The summed E-state index contributed by atoms with van der Waals surface area (Å²) in [4.78, 5) is 15.2. The first-order chi connectivity index (χ1) is 9.11. The Balaban J connectivity index is 2.27. The third-order valence-electron chi connectivity index (χ3n) is 2.54. The lowest BCUT2D eigenvalue weighted by Gasteiger charge is -2.10. The lowest BCUT2D eigenvalue weighted by Crippen LogP contribution is -2.16.